The van der Waals surface area contributed by atoms with Crippen LogP contribution in [0, 0.1) is 0 Å². The van der Waals surface area contributed by atoms with E-state index in [0.29, 0.717) is 12.0 Å². The molecule has 2 atom stereocenters. The second-order valence-corrected chi connectivity index (χ2v) is 4.66. The van der Waals surface area contributed by atoms with Gasteiger partial charge in [-0.25, -0.2) is 0 Å². The zero-order valence-electron chi connectivity index (χ0n) is 10.3. The largest absolute Gasteiger partial charge is 0.390 e. The number of amides is 1. The van der Waals surface area contributed by atoms with E-state index in [0.717, 1.165) is 11.1 Å². The number of nitrogens with zero attached hydrogens (tertiary/aromatic N) is 1. The topological polar surface area (TPSA) is 62.2 Å². The van der Waals surface area contributed by atoms with Crippen molar-refractivity contribution in [3.63, 3.8) is 0 Å². The summed E-state index contributed by atoms with van der Waals surface area (Å²) >= 11 is 0. The van der Waals surface area contributed by atoms with Crippen LogP contribution in [0.1, 0.15) is 27.5 Å². The molecule has 3 rings (SSSR count). The zero-order valence-corrected chi connectivity index (χ0v) is 10.3. The third-order valence-corrected chi connectivity index (χ3v) is 3.43. The lowest BCUT2D eigenvalue weighted by Crippen LogP contribution is -2.33. The van der Waals surface area contributed by atoms with E-state index < -0.39 is 6.10 Å². The van der Waals surface area contributed by atoms with Gasteiger partial charge in [0.2, 0.25) is 0 Å². The molecule has 0 fully saturated rings. The molecule has 1 aromatic carbocycles. The van der Waals surface area contributed by atoms with Gasteiger partial charge in [-0.15, -0.1) is 0 Å². The summed E-state index contributed by atoms with van der Waals surface area (Å²) in [5, 5.41) is 13.0. The fraction of sp³-hybridized carbons (Fsp3) is 0.200. The molecule has 1 aliphatic rings. The predicted molar refractivity (Wildman–Crippen MR) is 70.6 cm³/mol. The first-order valence-electron chi connectivity index (χ1n) is 6.22. The van der Waals surface area contributed by atoms with Crippen LogP contribution in [0.3, 0.4) is 0 Å². The fourth-order valence-corrected chi connectivity index (χ4v) is 2.48. The third kappa shape index (κ3) is 2.22. The van der Waals surface area contributed by atoms with Crippen LogP contribution in [-0.4, -0.2) is 22.1 Å². The molecule has 0 aliphatic heterocycles. The average molecular weight is 254 g/mol. The number of aliphatic hydroxyl groups is 1. The van der Waals surface area contributed by atoms with Crippen molar-refractivity contribution in [2.75, 3.05) is 0 Å². The van der Waals surface area contributed by atoms with E-state index >= 15 is 0 Å². The highest BCUT2D eigenvalue weighted by molar-refractivity contribution is 5.94. The molecule has 19 heavy (non-hydrogen) atoms. The molecule has 1 amide bonds. The number of aliphatic hydroxyl groups excluding tert-OH is 1. The number of fused-ring (bicyclic) bond motifs is 1. The van der Waals surface area contributed by atoms with Crippen molar-refractivity contribution in [2.45, 2.75) is 18.6 Å². The Morgan fingerprint density at radius 1 is 1.21 bits per heavy atom. The number of benzene rings is 1. The molecule has 0 bridgehead atoms. The average Bonchev–Trinajstić information content (AvgIpc) is 2.76. The summed E-state index contributed by atoms with van der Waals surface area (Å²) in [7, 11) is 0. The van der Waals surface area contributed by atoms with Crippen LogP contribution in [-0.2, 0) is 6.42 Å². The van der Waals surface area contributed by atoms with Crippen LogP contribution in [0.2, 0.25) is 0 Å². The number of rotatable bonds is 2. The highest BCUT2D eigenvalue weighted by atomic mass is 16.3. The van der Waals surface area contributed by atoms with Crippen molar-refractivity contribution in [3.8, 4) is 0 Å². The monoisotopic (exact) mass is 254 g/mol. The Morgan fingerprint density at radius 3 is 2.74 bits per heavy atom. The maximum atomic E-state index is 12.1. The lowest BCUT2D eigenvalue weighted by atomic mass is 10.1. The van der Waals surface area contributed by atoms with E-state index in [4.69, 9.17) is 0 Å². The van der Waals surface area contributed by atoms with Crippen LogP contribution in [0.15, 0.2) is 48.8 Å². The molecule has 0 saturated heterocycles. The van der Waals surface area contributed by atoms with Gasteiger partial charge in [-0.05, 0) is 23.3 Å². The molecule has 1 aromatic heterocycles. The molecule has 2 N–H and O–H groups in total. The summed E-state index contributed by atoms with van der Waals surface area (Å²) in [5.74, 6) is -0.192. The summed E-state index contributed by atoms with van der Waals surface area (Å²) in [6.07, 6.45) is 3.17. The van der Waals surface area contributed by atoms with E-state index in [9.17, 15) is 9.90 Å². The van der Waals surface area contributed by atoms with Crippen LogP contribution < -0.4 is 5.32 Å². The summed E-state index contributed by atoms with van der Waals surface area (Å²) in [6, 6.07) is 10.8. The summed E-state index contributed by atoms with van der Waals surface area (Å²) in [4.78, 5) is 16.0. The van der Waals surface area contributed by atoms with Crippen molar-refractivity contribution in [1.82, 2.24) is 10.3 Å². The normalized spacial score (nSPS) is 20.9. The van der Waals surface area contributed by atoms with Crippen LogP contribution >= 0.6 is 0 Å². The highest BCUT2D eigenvalue weighted by Crippen LogP contribution is 2.31. The zero-order chi connectivity index (χ0) is 13.2. The molecular formula is C15H14N2O2. The minimum atomic E-state index is -0.566. The van der Waals surface area contributed by atoms with Gasteiger partial charge >= 0.3 is 0 Å². The number of hydrogen-bond acceptors (Lipinski definition) is 3. The standard InChI is InChI=1S/C15H14N2O2/c18-13-9-11-3-1-2-4-12(11)14(13)17-15(19)10-5-7-16-8-6-10/h1-8,13-14,18H,9H2,(H,17,19). The van der Waals surface area contributed by atoms with Gasteiger partial charge in [0.25, 0.3) is 5.91 Å². The van der Waals surface area contributed by atoms with E-state index in [1.54, 1.807) is 24.5 Å². The van der Waals surface area contributed by atoms with Gasteiger partial charge in [0.1, 0.15) is 0 Å². The van der Waals surface area contributed by atoms with Gasteiger partial charge in [0.05, 0.1) is 12.1 Å². The predicted octanol–water partition coefficient (Wildman–Crippen LogP) is 1.47. The Balaban J connectivity index is 1.82. The highest BCUT2D eigenvalue weighted by Gasteiger charge is 2.31. The van der Waals surface area contributed by atoms with Crippen LogP contribution in [0.5, 0.6) is 0 Å². The van der Waals surface area contributed by atoms with Crippen LogP contribution in [0.4, 0.5) is 0 Å². The molecule has 2 aromatic rings. The molecule has 4 nitrogen and oxygen atoms in total. The molecule has 1 aliphatic carbocycles. The number of aromatic nitrogens is 1. The van der Waals surface area contributed by atoms with E-state index in [-0.39, 0.29) is 11.9 Å². The van der Waals surface area contributed by atoms with Crippen molar-refractivity contribution in [1.29, 1.82) is 0 Å². The molecule has 1 heterocycles. The summed E-state index contributed by atoms with van der Waals surface area (Å²) in [6.45, 7) is 0. The lowest BCUT2D eigenvalue weighted by Gasteiger charge is -2.17. The van der Waals surface area contributed by atoms with Crippen molar-refractivity contribution < 1.29 is 9.90 Å². The molecule has 0 spiro atoms. The Labute approximate surface area is 111 Å². The first-order valence-corrected chi connectivity index (χ1v) is 6.22. The molecule has 4 heteroatoms. The second kappa shape index (κ2) is 4.82. The van der Waals surface area contributed by atoms with Gasteiger partial charge in [0.15, 0.2) is 0 Å². The third-order valence-electron chi connectivity index (χ3n) is 3.43. The van der Waals surface area contributed by atoms with Gasteiger partial charge in [0, 0.05) is 24.4 Å². The lowest BCUT2D eigenvalue weighted by molar-refractivity contribution is 0.0858. The quantitative estimate of drug-likeness (QED) is 0.853. The van der Waals surface area contributed by atoms with E-state index in [1.807, 2.05) is 24.3 Å². The minimum absolute atomic E-state index is 0.192. The van der Waals surface area contributed by atoms with E-state index in [2.05, 4.69) is 10.3 Å². The van der Waals surface area contributed by atoms with Crippen molar-refractivity contribution in [2.24, 2.45) is 0 Å². The SMILES string of the molecule is O=C(NC1c2ccccc2CC1O)c1ccncc1. The number of carbonyl (C=O) groups is 1. The van der Waals surface area contributed by atoms with E-state index in [1.165, 1.54) is 0 Å². The smallest absolute Gasteiger partial charge is 0.251 e. The Bertz CT molecular complexity index is 598. The second-order valence-electron chi connectivity index (χ2n) is 4.66. The van der Waals surface area contributed by atoms with Crippen molar-refractivity contribution >= 4 is 5.91 Å². The Hall–Kier alpha value is -2.20. The number of hydrogen-bond donors (Lipinski definition) is 2. The molecule has 0 saturated carbocycles. The first kappa shape index (κ1) is 11.9. The van der Waals surface area contributed by atoms with Gasteiger partial charge in [-0.1, -0.05) is 24.3 Å². The maximum absolute atomic E-state index is 12.1. The molecule has 2 unspecified atom stereocenters. The number of pyridine rings is 1. The molecule has 96 valence electrons. The fourth-order valence-electron chi connectivity index (χ4n) is 2.48. The van der Waals surface area contributed by atoms with Gasteiger partial charge < -0.3 is 10.4 Å². The van der Waals surface area contributed by atoms with Gasteiger partial charge in [-0.2, -0.15) is 0 Å². The number of nitrogens with one attached hydrogen (secondary N) is 1. The Morgan fingerprint density at radius 2 is 1.95 bits per heavy atom. The van der Waals surface area contributed by atoms with Crippen LogP contribution in [0.25, 0.3) is 0 Å². The van der Waals surface area contributed by atoms with Crippen molar-refractivity contribution in [3.05, 3.63) is 65.5 Å². The first-order chi connectivity index (χ1) is 9.25. The number of carbonyl (C=O) groups excluding carboxylic acids is 1. The minimum Gasteiger partial charge on any atom is -0.390 e. The maximum Gasteiger partial charge on any atom is 0.251 e. The molecule has 0 radical (unpaired) electrons. The summed E-state index contributed by atoms with van der Waals surface area (Å²) < 4.78 is 0. The Kier molecular flexibility index (Phi) is 3.01. The summed E-state index contributed by atoms with van der Waals surface area (Å²) in [5.41, 5.74) is 2.64. The van der Waals surface area contributed by atoms with Gasteiger partial charge in [-0.3, -0.25) is 9.78 Å². The molecular weight excluding hydrogens is 240 g/mol.